The lowest BCUT2D eigenvalue weighted by Crippen LogP contribution is -2.22. The molecule has 2 N–H and O–H groups in total. The number of esters is 1. The molecule has 176 valence electrons. The van der Waals surface area contributed by atoms with Gasteiger partial charge in [0.2, 0.25) is 0 Å². The van der Waals surface area contributed by atoms with Crippen molar-refractivity contribution in [2.75, 3.05) is 11.9 Å². The van der Waals surface area contributed by atoms with E-state index in [9.17, 15) is 9.59 Å². The van der Waals surface area contributed by atoms with Crippen molar-refractivity contribution in [3.8, 4) is 22.9 Å². The van der Waals surface area contributed by atoms with Crippen molar-refractivity contribution in [3.05, 3.63) is 76.4 Å². The molecule has 0 atom stereocenters. The van der Waals surface area contributed by atoms with E-state index in [2.05, 4.69) is 15.3 Å². The van der Waals surface area contributed by atoms with Gasteiger partial charge in [0.1, 0.15) is 23.9 Å². The first-order valence-electron chi connectivity index (χ1n) is 11.3. The minimum Gasteiger partial charge on any atom is -0.488 e. The van der Waals surface area contributed by atoms with Crippen LogP contribution in [0.3, 0.4) is 0 Å². The molecule has 1 aromatic heterocycles. The number of ether oxygens (including phenoxy) is 2. The highest BCUT2D eigenvalue weighted by molar-refractivity contribution is 6.09. The molecule has 0 unspecified atom stereocenters. The summed E-state index contributed by atoms with van der Waals surface area (Å²) in [5, 5.41) is 3.01. The molecule has 1 aliphatic heterocycles. The molecular weight excluding hydrogens is 442 g/mol. The first-order valence-corrected chi connectivity index (χ1v) is 11.3. The smallest absolute Gasteiger partial charge is 0.308 e. The van der Waals surface area contributed by atoms with Crippen molar-refractivity contribution in [1.29, 1.82) is 0 Å². The van der Waals surface area contributed by atoms with E-state index in [1.165, 1.54) is 6.92 Å². The van der Waals surface area contributed by atoms with E-state index >= 15 is 0 Å². The van der Waals surface area contributed by atoms with Gasteiger partial charge in [0.15, 0.2) is 0 Å². The lowest BCUT2D eigenvalue weighted by Gasteiger charge is -2.24. The molecule has 0 aliphatic carbocycles. The summed E-state index contributed by atoms with van der Waals surface area (Å²) < 4.78 is 11.5. The lowest BCUT2D eigenvalue weighted by atomic mass is 9.94. The quantitative estimate of drug-likeness (QED) is 0.306. The highest BCUT2D eigenvalue weighted by Crippen LogP contribution is 2.41. The number of imidazole rings is 1. The molecule has 0 radical (unpaired) electrons. The van der Waals surface area contributed by atoms with Crippen LogP contribution in [0.25, 0.3) is 28.5 Å². The molecule has 0 saturated carbocycles. The summed E-state index contributed by atoms with van der Waals surface area (Å²) in [5.74, 6) is 1.22. The number of aromatic nitrogens is 2. The first-order chi connectivity index (χ1) is 16.8. The molecule has 35 heavy (non-hydrogen) atoms. The maximum Gasteiger partial charge on any atom is 0.308 e. The minimum atomic E-state index is -0.392. The molecule has 5 rings (SSSR count). The van der Waals surface area contributed by atoms with Crippen molar-refractivity contribution in [1.82, 2.24) is 9.97 Å². The number of anilines is 1. The predicted molar refractivity (Wildman–Crippen MR) is 136 cm³/mol. The van der Waals surface area contributed by atoms with Crippen LogP contribution >= 0.6 is 0 Å². The van der Waals surface area contributed by atoms with Crippen molar-refractivity contribution in [2.45, 2.75) is 27.7 Å². The number of amides is 1. The molecule has 4 aromatic rings. The predicted octanol–water partition coefficient (Wildman–Crippen LogP) is 5.49. The van der Waals surface area contributed by atoms with Gasteiger partial charge in [-0.25, -0.2) is 4.98 Å². The Kier molecular flexibility index (Phi) is 5.61. The van der Waals surface area contributed by atoms with Crippen LogP contribution in [0.5, 0.6) is 11.5 Å². The highest BCUT2D eigenvalue weighted by Gasteiger charge is 2.25. The van der Waals surface area contributed by atoms with Gasteiger partial charge < -0.3 is 19.8 Å². The van der Waals surface area contributed by atoms with Gasteiger partial charge >= 0.3 is 5.97 Å². The Bertz CT molecular complexity index is 1500. The molecular formula is C28H25N3O4. The van der Waals surface area contributed by atoms with Crippen LogP contribution in [0.4, 0.5) is 5.69 Å². The van der Waals surface area contributed by atoms with E-state index in [4.69, 9.17) is 9.47 Å². The second-order valence-electron chi connectivity index (χ2n) is 8.60. The van der Waals surface area contributed by atoms with Crippen LogP contribution in [0.15, 0.2) is 54.1 Å². The monoisotopic (exact) mass is 467 g/mol. The Morgan fingerprint density at radius 1 is 1.00 bits per heavy atom. The van der Waals surface area contributed by atoms with Crippen LogP contribution in [0.1, 0.15) is 29.2 Å². The Morgan fingerprint density at radius 3 is 2.51 bits per heavy atom. The van der Waals surface area contributed by atoms with E-state index in [-0.39, 0.29) is 12.5 Å². The van der Waals surface area contributed by atoms with Crippen LogP contribution in [-0.4, -0.2) is 28.5 Å². The van der Waals surface area contributed by atoms with Gasteiger partial charge in [0, 0.05) is 23.6 Å². The summed E-state index contributed by atoms with van der Waals surface area (Å²) in [5.41, 5.74) is 6.90. The third kappa shape index (κ3) is 4.05. The fraction of sp³-hybridized carbons (Fsp3) is 0.179. The summed E-state index contributed by atoms with van der Waals surface area (Å²) in [6.07, 6.45) is 1.81. The normalized spacial score (nSPS) is 12.5. The average Bonchev–Trinajstić information content (AvgIpc) is 3.29. The zero-order valence-corrected chi connectivity index (χ0v) is 20.0. The van der Waals surface area contributed by atoms with Crippen molar-refractivity contribution in [3.63, 3.8) is 0 Å². The Hall–Kier alpha value is -4.39. The summed E-state index contributed by atoms with van der Waals surface area (Å²) >= 11 is 0. The Labute approximate surface area is 202 Å². The molecule has 3 aromatic carbocycles. The molecule has 7 heteroatoms. The summed E-state index contributed by atoms with van der Waals surface area (Å²) in [7, 11) is 0. The standard InChI is InChI=1S/C28H25N3O4/c1-15-16(2)26-21(17(3)25(15)35-18(4)32)13-19(14-34-26)28(33)31-22-10-6-5-9-20(22)27-29-23-11-7-8-12-24(23)30-27/h5-13H,14H2,1-4H3,(H,29,30)(H,31,33). The van der Waals surface area contributed by atoms with Crippen molar-refractivity contribution in [2.24, 2.45) is 0 Å². The topological polar surface area (TPSA) is 93.3 Å². The number of carbonyl (C=O) groups excluding carboxylic acids is 2. The van der Waals surface area contributed by atoms with Crippen LogP contribution < -0.4 is 14.8 Å². The number of H-pyrrole nitrogens is 1. The summed E-state index contributed by atoms with van der Waals surface area (Å²) in [4.78, 5) is 32.9. The molecule has 7 nitrogen and oxygen atoms in total. The minimum absolute atomic E-state index is 0.137. The van der Waals surface area contributed by atoms with Crippen LogP contribution in [0.2, 0.25) is 0 Å². The number of benzene rings is 3. The van der Waals surface area contributed by atoms with Gasteiger partial charge in [-0.2, -0.15) is 0 Å². The summed E-state index contributed by atoms with van der Waals surface area (Å²) in [6.45, 7) is 7.19. The van der Waals surface area contributed by atoms with Gasteiger partial charge in [-0.15, -0.1) is 0 Å². The van der Waals surface area contributed by atoms with Gasteiger partial charge in [0.05, 0.1) is 22.3 Å². The lowest BCUT2D eigenvalue weighted by molar-refractivity contribution is -0.132. The Morgan fingerprint density at radius 2 is 1.74 bits per heavy atom. The van der Waals surface area contributed by atoms with Gasteiger partial charge in [0.25, 0.3) is 5.91 Å². The molecule has 1 amide bonds. The van der Waals surface area contributed by atoms with E-state index in [0.29, 0.717) is 28.6 Å². The molecule has 2 heterocycles. The number of nitrogens with one attached hydrogen (secondary N) is 2. The number of aromatic amines is 1. The van der Waals surface area contributed by atoms with E-state index in [1.807, 2.05) is 75.4 Å². The number of rotatable bonds is 4. The Balaban J connectivity index is 1.49. The van der Waals surface area contributed by atoms with Crippen molar-refractivity contribution < 1.29 is 19.1 Å². The fourth-order valence-corrected chi connectivity index (χ4v) is 4.35. The zero-order valence-electron chi connectivity index (χ0n) is 20.0. The maximum atomic E-state index is 13.3. The largest absolute Gasteiger partial charge is 0.488 e. The number of hydrogen-bond acceptors (Lipinski definition) is 5. The van der Waals surface area contributed by atoms with Crippen molar-refractivity contribution >= 4 is 34.7 Å². The third-order valence-corrected chi connectivity index (χ3v) is 6.28. The van der Waals surface area contributed by atoms with Gasteiger partial charge in [-0.05, 0) is 62.2 Å². The first kappa shape index (κ1) is 22.4. The SMILES string of the molecule is CC(=O)Oc1c(C)c(C)c2c(c1C)C=C(C(=O)Nc1ccccc1-c1nc3ccccc3[nH]1)CO2. The number of carbonyl (C=O) groups is 2. The highest BCUT2D eigenvalue weighted by atomic mass is 16.5. The molecule has 0 spiro atoms. The van der Waals surface area contributed by atoms with E-state index in [0.717, 1.165) is 38.9 Å². The van der Waals surface area contributed by atoms with Gasteiger partial charge in [-0.3, -0.25) is 9.59 Å². The van der Waals surface area contributed by atoms with Crippen LogP contribution in [0, 0.1) is 20.8 Å². The molecule has 1 aliphatic rings. The molecule has 0 fully saturated rings. The van der Waals surface area contributed by atoms with Gasteiger partial charge in [-0.1, -0.05) is 24.3 Å². The molecule has 0 saturated heterocycles. The zero-order chi connectivity index (χ0) is 24.7. The third-order valence-electron chi connectivity index (χ3n) is 6.28. The van der Waals surface area contributed by atoms with Crippen LogP contribution in [-0.2, 0) is 9.59 Å². The fourth-order valence-electron chi connectivity index (χ4n) is 4.35. The van der Waals surface area contributed by atoms with E-state index < -0.39 is 5.97 Å². The summed E-state index contributed by atoms with van der Waals surface area (Å²) in [6, 6.07) is 15.3. The number of hydrogen-bond donors (Lipinski definition) is 2. The number of para-hydroxylation sites is 3. The second-order valence-corrected chi connectivity index (χ2v) is 8.60. The second kappa shape index (κ2) is 8.76. The number of fused-ring (bicyclic) bond motifs is 2. The average molecular weight is 468 g/mol. The number of nitrogens with zero attached hydrogens (tertiary/aromatic N) is 1. The molecule has 0 bridgehead atoms. The van der Waals surface area contributed by atoms with E-state index in [1.54, 1.807) is 0 Å². The maximum absolute atomic E-state index is 13.3.